The van der Waals surface area contributed by atoms with Crippen LogP contribution in [0.4, 0.5) is 0 Å². The zero-order chi connectivity index (χ0) is 13.1. The summed E-state index contributed by atoms with van der Waals surface area (Å²) < 4.78 is 5.35. The molecule has 0 radical (unpaired) electrons. The predicted molar refractivity (Wildman–Crippen MR) is 70.8 cm³/mol. The van der Waals surface area contributed by atoms with E-state index in [2.05, 4.69) is 15.2 Å². The number of nitrogens with two attached hydrogens (primary N) is 1. The summed E-state index contributed by atoms with van der Waals surface area (Å²) in [5, 5.41) is 7.62. The molecule has 1 aromatic heterocycles. The highest BCUT2D eigenvalue weighted by molar-refractivity contribution is 7.99. The second-order valence-corrected chi connectivity index (χ2v) is 4.98. The lowest BCUT2D eigenvalue weighted by Crippen LogP contribution is -2.08. The van der Waals surface area contributed by atoms with Gasteiger partial charge in [0.05, 0.1) is 7.11 Å². The smallest absolute Gasteiger partial charge is 0.213 e. The van der Waals surface area contributed by atoms with Gasteiger partial charge in [0, 0.05) is 16.5 Å². The van der Waals surface area contributed by atoms with Crippen LogP contribution in [0, 0.1) is 6.92 Å². The van der Waals surface area contributed by atoms with Crippen LogP contribution in [0.25, 0.3) is 0 Å². The Morgan fingerprint density at radius 1 is 1.44 bits per heavy atom. The minimum Gasteiger partial charge on any atom is -0.496 e. The van der Waals surface area contributed by atoms with Crippen LogP contribution in [0.15, 0.2) is 28.3 Å². The van der Waals surface area contributed by atoms with Gasteiger partial charge in [-0.1, -0.05) is 6.07 Å². The quantitative estimate of drug-likeness (QED) is 0.886. The molecular formula is C12H16N4OS. The van der Waals surface area contributed by atoms with Crippen molar-refractivity contribution >= 4 is 11.8 Å². The molecule has 0 aliphatic carbocycles. The zero-order valence-corrected chi connectivity index (χ0v) is 11.4. The minimum atomic E-state index is -0.108. The van der Waals surface area contributed by atoms with Gasteiger partial charge in [0.1, 0.15) is 11.6 Å². The standard InChI is InChI=1S/C12H16N4OS/c1-7(13)11-9(17-3)5-4-6-10(11)18-12-14-8(2)15-16-12/h4-7H,13H2,1-3H3,(H,14,15,16)/t7-/m1/s1. The molecule has 0 aliphatic rings. The summed E-state index contributed by atoms with van der Waals surface area (Å²) in [7, 11) is 1.65. The van der Waals surface area contributed by atoms with Gasteiger partial charge in [0.25, 0.3) is 0 Å². The maximum Gasteiger partial charge on any atom is 0.213 e. The molecule has 18 heavy (non-hydrogen) atoms. The normalized spacial score (nSPS) is 12.4. The van der Waals surface area contributed by atoms with Crippen LogP contribution in [0.2, 0.25) is 0 Å². The van der Waals surface area contributed by atoms with E-state index in [9.17, 15) is 0 Å². The van der Waals surface area contributed by atoms with E-state index in [1.54, 1.807) is 7.11 Å². The lowest BCUT2D eigenvalue weighted by Gasteiger charge is -2.15. The summed E-state index contributed by atoms with van der Waals surface area (Å²) in [4.78, 5) is 5.29. The van der Waals surface area contributed by atoms with E-state index in [1.165, 1.54) is 11.8 Å². The molecule has 1 atom stereocenters. The number of aromatic nitrogens is 3. The molecule has 0 amide bonds. The lowest BCUT2D eigenvalue weighted by molar-refractivity contribution is 0.405. The van der Waals surface area contributed by atoms with E-state index in [1.807, 2.05) is 32.0 Å². The fourth-order valence-electron chi connectivity index (χ4n) is 1.71. The maximum absolute atomic E-state index is 6.01. The van der Waals surface area contributed by atoms with Gasteiger partial charge in [-0.05, 0) is 37.7 Å². The van der Waals surface area contributed by atoms with Crippen LogP contribution < -0.4 is 10.5 Å². The Morgan fingerprint density at radius 2 is 2.22 bits per heavy atom. The molecular weight excluding hydrogens is 248 g/mol. The van der Waals surface area contributed by atoms with Crippen LogP contribution in [-0.4, -0.2) is 22.3 Å². The molecule has 0 spiro atoms. The van der Waals surface area contributed by atoms with Gasteiger partial charge in [0.2, 0.25) is 5.16 Å². The summed E-state index contributed by atoms with van der Waals surface area (Å²) in [6.07, 6.45) is 0. The van der Waals surface area contributed by atoms with E-state index in [0.717, 1.165) is 22.0 Å². The number of aromatic amines is 1. The van der Waals surface area contributed by atoms with Crippen LogP contribution in [-0.2, 0) is 0 Å². The van der Waals surface area contributed by atoms with E-state index in [0.29, 0.717) is 5.16 Å². The average Bonchev–Trinajstić information content (AvgIpc) is 2.74. The van der Waals surface area contributed by atoms with Gasteiger partial charge in [-0.2, -0.15) is 0 Å². The molecule has 96 valence electrons. The van der Waals surface area contributed by atoms with Crippen molar-refractivity contribution in [1.82, 2.24) is 15.2 Å². The third-order valence-electron chi connectivity index (χ3n) is 2.48. The maximum atomic E-state index is 6.01. The number of methoxy groups -OCH3 is 1. The van der Waals surface area contributed by atoms with Crippen LogP contribution >= 0.6 is 11.8 Å². The SMILES string of the molecule is COc1cccc(Sc2n[nH]c(C)n2)c1[C@@H](C)N. The molecule has 0 saturated carbocycles. The van der Waals surface area contributed by atoms with E-state index in [4.69, 9.17) is 10.5 Å². The Labute approximate surface area is 110 Å². The van der Waals surface area contributed by atoms with Gasteiger partial charge in [-0.3, -0.25) is 5.10 Å². The molecule has 0 bridgehead atoms. The second kappa shape index (κ2) is 5.41. The molecule has 1 heterocycles. The fraction of sp³-hybridized carbons (Fsp3) is 0.333. The number of hydrogen-bond acceptors (Lipinski definition) is 5. The summed E-state index contributed by atoms with van der Waals surface area (Å²) >= 11 is 1.48. The van der Waals surface area contributed by atoms with Gasteiger partial charge < -0.3 is 10.5 Å². The summed E-state index contributed by atoms with van der Waals surface area (Å²) in [6, 6.07) is 5.74. The highest BCUT2D eigenvalue weighted by atomic mass is 32.2. The lowest BCUT2D eigenvalue weighted by atomic mass is 10.1. The Morgan fingerprint density at radius 3 is 2.78 bits per heavy atom. The van der Waals surface area contributed by atoms with Crippen LogP contribution in [0.3, 0.4) is 0 Å². The number of aryl methyl sites for hydroxylation is 1. The minimum absolute atomic E-state index is 0.108. The number of H-pyrrole nitrogens is 1. The third-order valence-corrected chi connectivity index (χ3v) is 3.42. The first kappa shape index (κ1) is 12.9. The first-order valence-electron chi connectivity index (χ1n) is 5.61. The molecule has 0 fully saturated rings. The zero-order valence-electron chi connectivity index (χ0n) is 10.6. The summed E-state index contributed by atoms with van der Waals surface area (Å²) in [6.45, 7) is 3.81. The average molecular weight is 264 g/mol. The molecule has 0 saturated heterocycles. The van der Waals surface area contributed by atoms with Gasteiger partial charge in [0.15, 0.2) is 0 Å². The number of ether oxygens (including phenoxy) is 1. The van der Waals surface area contributed by atoms with Crippen molar-refractivity contribution in [2.24, 2.45) is 5.73 Å². The van der Waals surface area contributed by atoms with Crippen molar-refractivity contribution in [3.05, 3.63) is 29.6 Å². The highest BCUT2D eigenvalue weighted by Gasteiger charge is 2.15. The molecule has 0 aliphatic heterocycles. The van der Waals surface area contributed by atoms with Crippen molar-refractivity contribution in [2.45, 2.75) is 29.9 Å². The molecule has 5 nitrogen and oxygen atoms in total. The number of hydrogen-bond donors (Lipinski definition) is 2. The van der Waals surface area contributed by atoms with Gasteiger partial charge in [-0.15, -0.1) is 5.10 Å². The topological polar surface area (TPSA) is 76.8 Å². The first-order valence-corrected chi connectivity index (χ1v) is 6.42. The van der Waals surface area contributed by atoms with E-state index < -0.39 is 0 Å². The van der Waals surface area contributed by atoms with E-state index in [-0.39, 0.29) is 6.04 Å². The van der Waals surface area contributed by atoms with Crippen molar-refractivity contribution in [3.63, 3.8) is 0 Å². The van der Waals surface area contributed by atoms with E-state index >= 15 is 0 Å². The van der Waals surface area contributed by atoms with Crippen LogP contribution in [0.1, 0.15) is 24.4 Å². The Hall–Kier alpha value is -1.53. The van der Waals surface area contributed by atoms with Crippen molar-refractivity contribution in [2.75, 3.05) is 7.11 Å². The Balaban J connectivity index is 2.37. The molecule has 2 rings (SSSR count). The summed E-state index contributed by atoms with van der Waals surface area (Å²) in [5.74, 6) is 1.59. The number of benzene rings is 1. The molecule has 3 N–H and O–H groups in total. The molecule has 6 heteroatoms. The number of nitrogens with zero attached hydrogens (tertiary/aromatic N) is 2. The van der Waals surface area contributed by atoms with Gasteiger partial charge in [-0.25, -0.2) is 4.98 Å². The molecule has 1 aromatic carbocycles. The van der Waals surface area contributed by atoms with Crippen LogP contribution in [0.5, 0.6) is 5.75 Å². The molecule has 0 unspecified atom stereocenters. The Kier molecular flexibility index (Phi) is 3.88. The van der Waals surface area contributed by atoms with Gasteiger partial charge >= 0.3 is 0 Å². The highest BCUT2D eigenvalue weighted by Crippen LogP contribution is 2.36. The number of rotatable bonds is 4. The Bertz CT molecular complexity index is 539. The third kappa shape index (κ3) is 2.65. The number of nitrogens with one attached hydrogen (secondary N) is 1. The largest absolute Gasteiger partial charge is 0.496 e. The predicted octanol–water partition coefficient (Wildman–Crippen LogP) is 2.29. The first-order chi connectivity index (χ1) is 8.61. The fourth-order valence-corrected chi connectivity index (χ4v) is 2.72. The van der Waals surface area contributed by atoms with Crippen molar-refractivity contribution in [1.29, 1.82) is 0 Å². The monoisotopic (exact) mass is 264 g/mol. The van der Waals surface area contributed by atoms with Crippen molar-refractivity contribution in [3.8, 4) is 5.75 Å². The van der Waals surface area contributed by atoms with Crippen molar-refractivity contribution < 1.29 is 4.74 Å². The molecule has 2 aromatic rings. The second-order valence-electron chi connectivity index (χ2n) is 3.97. The summed E-state index contributed by atoms with van der Waals surface area (Å²) in [5.41, 5.74) is 6.99.